The predicted octanol–water partition coefficient (Wildman–Crippen LogP) is 3.46. The summed E-state index contributed by atoms with van der Waals surface area (Å²) in [5, 5.41) is 2.03. The van der Waals surface area contributed by atoms with Crippen molar-refractivity contribution in [2.75, 3.05) is 11.9 Å². The first-order chi connectivity index (χ1) is 10.9. The van der Waals surface area contributed by atoms with Gasteiger partial charge in [0.1, 0.15) is 22.5 Å². The Bertz CT molecular complexity index is 751. The molecule has 1 aromatic heterocycles. The zero-order valence-electron chi connectivity index (χ0n) is 11.3. The van der Waals surface area contributed by atoms with Crippen LogP contribution in [-0.4, -0.2) is 23.5 Å². The normalized spacial score (nSPS) is 10.3. The van der Waals surface area contributed by atoms with Crippen LogP contribution in [0.5, 0.6) is 0 Å². The zero-order valence-corrected chi connectivity index (χ0v) is 12.8. The number of carbonyl (C=O) groups excluding carboxylic acids is 2. The van der Waals surface area contributed by atoms with E-state index < -0.39 is 35.8 Å². The molecule has 1 aromatic carbocycles. The highest BCUT2D eigenvalue weighted by atomic mass is 35.5. The van der Waals surface area contributed by atoms with Crippen molar-refractivity contribution in [2.45, 2.75) is 0 Å². The minimum atomic E-state index is -0.946. The second kappa shape index (κ2) is 7.34. The van der Waals surface area contributed by atoms with Crippen molar-refractivity contribution < 1.29 is 23.1 Å². The Balaban J connectivity index is 1.96. The van der Waals surface area contributed by atoms with Crippen LogP contribution in [0.3, 0.4) is 0 Å². The van der Waals surface area contributed by atoms with Gasteiger partial charge in [-0.2, -0.15) is 0 Å². The smallest absolute Gasteiger partial charge is 0.340 e. The standard InChI is InChI=1S/C14H8Cl2F2N2O3/c15-8-4-7(5-19-13(8)16)14(22)23-6-11(21)20-12-9(17)2-1-3-10(12)18/h1-5H,6H2,(H,20,21). The highest BCUT2D eigenvalue weighted by molar-refractivity contribution is 6.41. The van der Waals surface area contributed by atoms with E-state index in [4.69, 9.17) is 27.9 Å². The molecule has 1 N–H and O–H groups in total. The fraction of sp³-hybridized carbons (Fsp3) is 0.0714. The van der Waals surface area contributed by atoms with E-state index in [2.05, 4.69) is 4.98 Å². The van der Waals surface area contributed by atoms with E-state index in [-0.39, 0.29) is 15.7 Å². The molecule has 2 rings (SSSR count). The number of esters is 1. The van der Waals surface area contributed by atoms with E-state index in [1.54, 1.807) is 0 Å². The molecular formula is C14H8Cl2F2N2O3. The molecule has 1 heterocycles. The maximum absolute atomic E-state index is 13.4. The quantitative estimate of drug-likeness (QED) is 0.669. The average molecular weight is 361 g/mol. The number of nitrogens with one attached hydrogen (secondary N) is 1. The Kier molecular flexibility index (Phi) is 5.46. The summed E-state index contributed by atoms with van der Waals surface area (Å²) in [7, 11) is 0. The third-order valence-electron chi connectivity index (χ3n) is 2.59. The lowest BCUT2D eigenvalue weighted by Crippen LogP contribution is -2.22. The molecule has 120 valence electrons. The van der Waals surface area contributed by atoms with Crippen molar-refractivity contribution >= 4 is 40.8 Å². The van der Waals surface area contributed by atoms with E-state index in [1.807, 2.05) is 5.32 Å². The molecule has 0 aliphatic heterocycles. The number of amides is 1. The van der Waals surface area contributed by atoms with Gasteiger partial charge in [-0.05, 0) is 18.2 Å². The molecule has 0 aliphatic carbocycles. The fourth-order valence-corrected chi connectivity index (χ4v) is 1.81. The van der Waals surface area contributed by atoms with Crippen LogP contribution in [0, 0.1) is 11.6 Å². The van der Waals surface area contributed by atoms with Gasteiger partial charge in [0.2, 0.25) is 0 Å². The van der Waals surface area contributed by atoms with Gasteiger partial charge in [0, 0.05) is 6.20 Å². The van der Waals surface area contributed by atoms with E-state index in [0.29, 0.717) is 0 Å². The largest absolute Gasteiger partial charge is 0.452 e. The summed E-state index contributed by atoms with van der Waals surface area (Å²) in [5.74, 6) is -3.69. The number of pyridine rings is 1. The second-order valence-electron chi connectivity index (χ2n) is 4.22. The number of hydrogen-bond acceptors (Lipinski definition) is 4. The molecule has 1 amide bonds. The van der Waals surface area contributed by atoms with Crippen LogP contribution in [0.4, 0.5) is 14.5 Å². The number of anilines is 1. The maximum atomic E-state index is 13.4. The fourth-order valence-electron chi connectivity index (χ4n) is 1.54. The molecule has 2 aromatic rings. The molecule has 0 saturated heterocycles. The lowest BCUT2D eigenvalue weighted by Gasteiger charge is -2.08. The van der Waals surface area contributed by atoms with Crippen LogP contribution in [0.2, 0.25) is 10.2 Å². The van der Waals surface area contributed by atoms with Crippen molar-refractivity contribution in [3.05, 3.63) is 57.8 Å². The molecule has 9 heteroatoms. The van der Waals surface area contributed by atoms with Gasteiger partial charge in [0.25, 0.3) is 5.91 Å². The van der Waals surface area contributed by atoms with Gasteiger partial charge in [-0.1, -0.05) is 29.3 Å². The van der Waals surface area contributed by atoms with Gasteiger partial charge in [-0.3, -0.25) is 4.79 Å². The first-order valence-electron chi connectivity index (χ1n) is 6.10. The Morgan fingerprint density at radius 3 is 2.48 bits per heavy atom. The second-order valence-corrected chi connectivity index (χ2v) is 4.98. The minimum Gasteiger partial charge on any atom is -0.452 e. The summed E-state index contributed by atoms with van der Waals surface area (Å²) in [6.07, 6.45) is 1.12. The SMILES string of the molecule is O=C(COC(=O)c1cnc(Cl)c(Cl)c1)Nc1c(F)cccc1F. The molecule has 0 spiro atoms. The third kappa shape index (κ3) is 4.37. The van der Waals surface area contributed by atoms with E-state index in [0.717, 1.165) is 24.4 Å². The summed E-state index contributed by atoms with van der Waals surface area (Å²) in [6.45, 7) is -0.743. The van der Waals surface area contributed by atoms with Crippen LogP contribution in [0.15, 0.2) is 30.5 Å². The van der Waals surface area contributed by atoms with Crippen LogP contribution >= 0.6 is 23.2 Å². The molecule has 0 radical (unpaired) electrons. The van der Waals surface area contributed by atoms with Gasteiger partial charge in [-0.25, -0.2) is 18.6 Å². The van der Waals surface area contributed by atoms with Crippen LogP contribution < -0.4 is 5.32 Å². The predicted molar refractivity (Wildman–Crippen MR) is 79.5 cm³/mol. The topological polar surface area (TPSA) is 68.3 Å². The Labute approximate surface area is 139 Å². The number of para-hydroxylation sites is 1. The van der Waals surface area contributed by atoms with Crippen LogP contribution in [0.25, 0.3) is 0 Å². The summed E-state index contributed by atoms with van der Waals surface area (Å²) in [6, 6.07) is 4.32. The molecule has 0 aliphatic rings. The molecule has 5 nitrogen and oxygen atoms in total. The molecule has 0 unspecified atom stereocenters. The Hall–Kier alpha value is -2.25. The zero-order chi connectivity index (χ0) is 17.0. The molecule has 0 fully saturated rings. The molecule has 0 saturated carbocycles. The number of halogens is 4. The van der Waals surface area contributed by atoms with Crippen molar-refractivity contribution in [3.8, 4) is 0 Å². The summed E-state index contributed by atoms with van der Waals surface area (Å²) >= 11 is 11.3. The number of ether oxygens (including phenoxy) is 1. The lowest BCUT2D eigenvalue weighted by molar-refractivity contribution is -0.119. The number of rotatable bonds is 4. The molecule has 0 atom stereocenters. The monoisotopic (exact) mass is 360 g/mol. The highest BCUT2D eigenvalue weighted by Gasteiger charge is 2.15. The van der Waals surface area contributed by atoms with Gasteiger partial charge in [0.15, 0.2) is 6.61 Å². The lowest BCUT2D eigenvalue weighted by atomic mass is 10.3. The van der Waals surface area contributed by atoms with Crippen molar-refractivity contribution in [1.29, 1.82) is 0 Å². The average Bonchev–Trinajstić information content (AvgIpc) is 2.51. The number of aromatic nitrogens is 1. The summed E-state index contributed by atoms with van der Waals surface area (Å²) in [5.41, 5.74) is -0.644. The van der Waals surface area contributed by atoms with Gasteiger partial charge in [-0.15, -0.1) is 0 Å². The number of nitrogens with zero attached hydrogens (tertiary/aromatic N) is 1. The van der Waals surface area contributed by atoms with E-state index in [1.165, 1.54) is 6.07 Å². The van der Waals surface area contributed by atoms with Crippen molar-refractivity contribution in [2.24, 2.45) is 0 Å². The van der Waals surface area contributed by atoms with Crippen LogP contribution in [-0.2, 0) is 9.53 Å². The van der Waals surface area contributed by atoms with Gasteiger partial charge in [0.05, 0.1) is 10.6 Å². The van der Waals surface area contributed by atoms with Gasteiger partial charge < -0.3 is 10.1 Å². The van der Waals surface area contributed by atoms with Crippen LogP contribution in [0.1, 0.15) is 10.4 Å². The molecule has 0 bridgehead atoms. The first kappa shape index (κ1) is 17.1. The first-order valence-corrected chi connectivity index (χ1v) is 6.86. The number of hydrogen-bond donors (Lipinski definition) is 1. The van der Waals surface area contributed by atoms with Crippen molar-refractivity contribution in [1.82, 2.24) is 4.98 Å². The third-order valence-corrected chi connectivity index (χ3v) is 3.28. The summed E-state index contributed by atoms with van der Waals surface area (Å²) < 4.78 is 31.4. The molecule has 23 heavy (non-hydrogen) atoms. The summed E-state index contributed by atoms with van der Waals surface area (Å²) in [4.78, 5) is 26.9. The molecular weight excluding hydrogens is 353 g/mol. The number of carbonyl (C=O) groups is 2. The Morgan fingerprint density at radius 2 is 1.87 bits per heavy atom. The minimum absolute atomic E-state index is 0.0102. The van der Waals surface area contributed by atoms with Gasteiger partial charge >= 0.3 is 5.97 Å². The van der Waals surface area contributed by atoms with Crippen molar-refractivity contribution in [3.63, 3.8) is 0 Å². The van der Waals surface area contributed by atoms with E-state index in [9.17, 15) is 18.4 Å². The maximum Gasteiger partial charge on any atom is 0.340 e. The number of benzene rings is 1. The highest BCUT2D eigenvalue weighted by Crippen LogP contribution is 2.20. The van der Waals surface area contributed by atoms with E-state index >= 15 is 0 Å². The Morgan fingerprint density at radius 1 is 1.22 bits per heavy atom.